The molecule has 0 saturated carbocycles. The van der Waals surface area contributed by atoms with Crippen molar-refractivity contribution in [2.45, 2.75) is 27.1 Å². The van der Waals surface area contributed by atoms with Gasteiger partial charge in [0.2, 0.25) is 0 Å². The van der Waals surface area contributed by atoms with E-state index in [-0.39, 0.29) is 0 Å². The molecule has 2 aliphatic carbocycles. The fourth-order valence-corrected chi connectivity index (χ4v) is 17.8. The first-order valence-corrected chi connectivity index (χ1v) is 22.1. The molecule has 2 heteroatoms. The van der Waals surface area contributed by atoms with Crippen LogP contribution < -0.4 is 10.6 Å². The molecule has 0 aliphatic heterocycles. The van der Waals surface area contributed by atoms with Crippen molar-refractivity contribution in [2.24, 2.45) is 0 Å². The molecular formula is C45H39HfP. The zero-order valence-electron chi connectivity index (χ0n) is 26.8. The van der Waals surface area contributed by atoms with Crippen LogP contribution in [0.5, 0.6) is 0 Å². The summed E-state index contributed by atoms with van der Waals surface area (Å²) in [6.07, 6.45) is 7.25. The van der Waals surface area contributed by atoms with Gasteiger partial charge in [0.25, 0.3) is 0 Å². The summed E-state index contributed by atoms with van der Waals surface area (Å²) in [7, 11) is -0.549. The molecule has 8 rings (SSSR count). The number of rotatable bonds is 8. The van der Waals surface area contributed by atoms with Crippen LogP contribution in [0.2, 0.25) is 0 Å². The van der Waals surface area contributed by atoms with Gasteiger partial charge < -0.3 is 0 Å². The summed E-state index contributed by atoms with van der Waals surface area (Å²) in [6, 6.07) is 61.9. The second kappa shape index (κ2) is 15.3. The van der Waals surface area contributed by atoms with Crippen molar-refractivity contribution in [1.82, 2.24) is 0 Å². The van der Waals surface area contributed by atoms with Gasteiger partial charge in [-0.05, 0) is 24.0 Å². The van der Waals surface area contributed by atoms with Gasteiger partial charge in [0.1, 0.15) is 0 Å². The van der Waals surface area contributed by atoms with E-state index in [9.17, 15) is 0 Å². The Balaban J connectivity index is 0.000000210. The SMILES string of the molecule is CC1=Cc2ccccc2[CH]1[Hf][CH]1C(P(c2ccccc2)c2ccccc2)=Cc2ccccc21.c1ccc(CCc2ccccc2)cc1. The average molecular weight is 789 g/mol. The first-order valence-electron chi connectivity index (χ1n) is 16.6. The Morgan fingerprint density at radius 3 is 1.36 bits per heavy atom. The fraction of sp³-hybridized carbons (Fsp3) is 0.111. The maximum atomic E-state index is 2.55. The molecule has 2 unspecified atom stereocenters. The first-order chi connectivity index (χ1) is 23.2. The van der Waals surface area contributed by atoms with Gasteiger partial charge in [0.05, 0.1) is 0 Å². The molecule has 0 aromatic heterocycles. The number of allylic oxidation sites excluding steroid dienone is 2. The van der Waals surface area contributed by atoms with Gasteiger partial charge in [-0.3, -0.25) is 0 Å². The summed E-state index contributed by atoms with van der Waals surface area (Å²) < 4.78 is 1.29. The number of fused-ring (bicyclic) bond motifs is 2. The monoisotopic (exact) mass is 790 g/mol. The summed E-state index contributed by atoms with van der Waals surface area (Å²) in [5, 5.41) is 4.60. The molecule has 0 nitrogen and oxygen atoms in total. The molecule has 0 N–H and O–H groups in total. The second-order valence-corrected chi connectivity index (χ2v) is 19.8. The molecule has 0 heterocycles. The summed E-state index contributed by atoms with van der Waals surface area (Å²) in [5.41, 5.74) is 10.4. The van der Waals surface area contributed by atoms with Crippen LogP contribution >= 0.6 is 7.92 Å². The molecule has 47 heavy (non-hydrogen) atoms. The number of aryl methyl sites for hydroxylation is 2. The van der Waals surface area contributed by atoms with Crippen LogP contribution in [0.1, 0.15) is 47.7 Å². The number of hydrogen-bond donors (Lipinski definition) is 0. The minimum Gasteiger partial charge on any atom is -0.0622 e. The van der Waals surface area contributed by atoms with Crippen molar-refractivity contribution in [3.63, 3.8) is 0 Å². The zero-order valence-corrected chi connectivity index (χ0v) is 31.3. The van der Waals surface area contributed by atoms with Crippen molar-refractivity contribution in [1.29, 1.82) is 0 Å². The molecule has 0 fully saturated rings. The predicted octanol–water partition coefficient (Wildman–Crippen LogP) is 10.9. The Morgan fingerprint density at radius 1 is 0.447 bits per heavy atom. The summed E-state index contributed by atoms with van der Waals surface area (Å²) in [5.74, 6) is 0. The molecule has 0 bridgehead atoms. The minimum absolute atomic E-state index is 0.549. The standard InChI is InChI=1S/C21H16P.C14H14.C10H9.Hf/c1-3-11-19(12-4-1)22(20-13-5-2-6-14-20)21-15-17-9-7-8-10-18(17)16-21;1-3-7-13(8-4-1)11-12-14-9-5-2-6-10-14;1-8-6-9-4-2-3-5-10(9)7-8;/h1-16H;1-10H,11-12H2;2-7H,1H3;. The van der Waals surface area contributed by atoms with Crippen LogP contribution in [0.15, 0.2) is 181 Å². The van der Waals surface area contributed by atoms with Crippen LogP contribution in [-0.4, -0.2) is 0 Å². The van der Waals surface area contributed by atoms with Crippen LogP contribution in [-0.2, 0) is 35.7 Å². The van der Waals surface area contributed by atoms with Crippen molar-refractivity contribution in [2.75, 3.05) is 0 Å². The Hall–Kier alpha value is -3.90. The zero-order chi connectivity index (χ0) is 31.8. The van der Waals surface area contributed by atoms with Gasteiger partial charge in [-0.1, -0.05) is 60.7 Å². The molecule has 0 amide bonds. The van der Waals surface area contributed by atoms with Gasteiger partial charge in [-0.15, -0.1) is 0 Å². The van der Waals surface area contributed by atoms with Gasteiger partial charge >= 0.3 is 210 Å². The molecule has 0 spiro atoms. The Kier molecular flexibility index (Phi) is 10.3. The third kappa shape index (κ3) is 7.49. The summed E-state index contributed by atoms with van der Waals surface area (Å²) in [4.78, 5) is 0. The minimum atomic E-state index is -1.18. The molecular weight excluding hydrogens is 750 g/mol. The molecule has 2 atom stereocenters. The van der Waals surface area contributed by atoms with E-state index in [2.05, 4.69) is 189 Å². The van der Waals surface area contributed by atoms with Crippen molar-refractivity contribution < 1.29 is 22.9 Å². The van der Waals surface area contributed by atoms with E-state index < -0.39 is 30.8 Å². The largest absolute Gasteiger partial charge is 0.0622 e. The number of hydrogen-bond acceptors (Lipinski definition) is 0. The first kappa shape index (κ1) is 31.7. The van der Waals surface area contributed by atoms with E-state index in [0.29, 0.717) is 7.35 Å². The molecule has 6 aromatic carbocycles. The van der Waals surface area contributed by atoms with E-state index in [1.54, 1.807) is 22.0 Å². The Bertz CT molecular complexity index is 1880. The molecule has 6 aromatic rings. The van der Waals surface area contributed by atoms with E-state index in [4.69, 9.17) is 0 Å². The molecule has 0 saturated heterocycles. The van der Waals surface area contributed by atoms with Crippen molar-refractivity contribution in [3.8, 4) is 0 Å². The van der Waals surface area contributed by atoms with Crippen molar-refractivity contribution >= 4 is 30.7 Å². The van der Waals surface area contributed by atoms with Gasteiger partial charge in [-0.2, -0.15) is 0 Å². The van der Waals surface area contributed by atoms with Crippen molar-refractivity contribution in [3.05, 3.63) is 214 Å². The van der Waals surface area contributed by atoms with E-state index in [0.717, 1.165) is 12.8 Å². The quantitative estimate of drug-likeness (QED) is 0.106. The second-order valence-electron chi connectivity index (χ2n) is 12.2. The van der Waals surface area contributed by atoms with E-state index in [1.165, 1.54) is 32.9 Å². The smallest absolute Gasteiger partial charge is 0.0238 e. The fourth-order valence-electron chi connectivity index (χ4n) is 6.72. The Labute approximate surface area is 293 Å². The van der Waals surface area contributed by atoms with E-state index >= 15 is 0 Å². The molecule has 0 radical (unpaired) electrons. The normalized spacial score (nSPS) is 16.0. The summed E-state index contributed by atoms with van der Waals surface area (Å²) in [6.45, 7) is 2.36. The van der Waals surface area contributed by atoms with Gasteiger partial charge in [0.15, 0.2) is 0 Å². The van der Waals surface area contributed by atoms with Gasteiger partial charge in [0, 0.05) is 0 Å². The Morgan fingerprint density at radius 2 is 0.851 bits per heavy atom. The molecule has 2 aliphatic rings. The summed E-state index contributed by atoms with van der Waals surface area (Å²) >= 11 is -1.18. The topological polar surface area (TPSA) is 0 Å². The van der Waals surface area contributed by atoms with Crippen LogP contribution in [0.25, 0.3) is 12.2 Å². The van der Waals surface area contributed by atoms with Gasteiger partial charge in [-0.25, -0.2) is 0 Å². The third-order valence-corrected chi connectivity index (χ3v) is 19.8. The van der Waals surface area contributed by atoms with Crippen LogP contribution in [0.4, 0.5) is 0 Å². The number of benzene rings is 6. The average Bonchev–Trinajstić information content (AvgIpc) is 3.66. The molecule has 228 valence electrons. The maximum Gasteiger partial charge on any atom is -0.0238 e. The van der Waals surface area contributed by atoms with Crippen LogP contribution in [0.3, 0.4) is 0 Å². The maximum absolute atomic E-state index is 2.55. The van der Waals surface area contributed by atoms with Crippen LogP contribution in [0, 0.1) is 0 Å². The predicted molar refractivity (Wildman–Crippen MR) is 199 cm³/mol. The third-order valence-electron chi connectivity index (χ3n) is 9.06. The van der Waals surface area contributed by atoms with E-state index in [1.807, 2.05) is 0 Å².